The van der Waals surface area contributed by atoms with E-state index >= 15 is 0 Å². The Morgan fingerprint density at radius 1 is 1.36 bits per heavy atom. The van der Waals surface area contributed by atoms with Gasteiger partial charge in [0.1, 0.15) is 0 Å². The average Bonchev–Trinajstić information content (AvgIpc) is 2.61. The Balaban J connectivity index is 1.92. The molecule has 0 radical (unpaired) electrons. The van der Waals surface area contributed by atoms with Crippen LogP contribution in [-0.4, -0.2) is 13.6 Å². The maximum atomic E-state index is 3.31. The smallest absolute Gasteiger partial charge is 0.00208 e. The van der Waals surface area contributed by atoms with E-state index in [-0.39, 0.29) is 0 Å². The van der Waals surface area contributed by atoms with Crippen LogP contribution < -0.4 is 5.32 Å². The Morgan fingerprint density at radius 2 is 2.09 bits per heavy atom. The van der Waals surface area contributed by atoms with Crippen LogP contribution in [0, 0.1) is 17.3 Å². The van der Waals surface area contributed by atoms with E-state index in [2.05, 4.69) is 19.3 Å². The summed E-state index contributed by atoms with van der Waals surface area (Å²) >= 11 is 0. The van der Waals surface area contributed by atoms with Crippen LogP contribution in [0.1, 0.15) is 32.6 Å². The predicted octanol–water partition coefficient (Wildman–Crippen LogP) is 2.03. The molecule has 1 nitrogen and oxygen atoms in total. The second-order valence-corrected chi connectivity index (χ2v) is 4.70. The summed E-state index contributed by atoms with van der Waals surface area (Å²) in [7, 11) is 2.07. The monoisotopic (exact) mass is 153 g/mol. The van der Waals surface area contributed by atoms with Crippen LogP contribution in [0.15, 0.2) is 0 Å². The first kappa shape index (κ1) is 7.60. The summed E-state index contributed by atoms with van der Waals surface area (Å²) in [6.07, 6.45) is 6.07. The topological polar surface area (TPSA) is 12.0 Å². The number of hydrogen-bond acceptors (Lipinski definition) is 1. The summed E-state index contributed by atoms with van der Waals surface area (Å²) in [6, 6.07) is 0. The highest BCUT2D eigenvalue weighted by Gasteiger charge is 2.50. The van der Waals surface area contributed by atoms with Crippen LogP contribution in [0.2, 0.25) is 0 Å². The fourth-order valence-corrected chi connectivity index (χ4v) is 2.81. The predicted molar refractivity (Wildman–Crippen MR) is 47.5 cm³/mol. The van der Waals surface area contributed by atoms with Crippen LogP contribution in [0.5, 0.6) is 0 Å². The summed E-state index contributed by atoms with van der Waals surface area (Å²) < 4.78 is 0. The van der Waals surface area contributed by atoms with Gasteiger partial charge in [-0.3, -0.25) is 0 Å². The van der Waals surface area contributed by atoms with Crippen molar-refractivity contribution in [3.63, 3.8) is 0 Å². The Bertz CT molecular complexity index is 149. The van der Waals surface area contributed by atoms with Crippen molar-refractivity contribution in [2.24, 2.45) is 17.3 Å². The lowest BCUT2D eigenvalue weighted by atomic mass is 9.98. The molecule has 64 valence electrons. The van der Waals surface area contributed by atoms with Crippen molar-refractivity contribution in [2.45, 2.75) is 32.6 Å². The molecule has 1 heteroatoms. The molecule has 2 atom stereocenters. The summed E-state index contributed by atoms with van der Waals surface area (Å²) in [5.74, 6) is 1.95. The first-order valence-corrected chi connectivity index (χ1v) is 4.90. The molecule has 0 aromatic heterocycles. The second-order valence-electron chi connectivity index (χ2n) is 4.70. The Morgan fingerprint density at radius 3 is 2.55 bits per heavy atom. The molecule has 0 heterocycles. The van der Waals surface area contributed by atoms with Crippen molar-refractivity contribution in [3.8, 4) is 0 Å². The van der Waals surface area contributed by atoms with Crippen LogP contribution in [0.25, 0.3) is 0 Å². The Hall–Kier alpha value is -0.0400. The van der Waals surface area contributed by atoms with E-state index in [4.69, 9.17) is 0 Å². The molecule has 0 bridgehead atoms. The van der Waals surface area contributed by atoms with Crippen molar-refractivity contribution in [1.29, 1.82) is 0 Å². The first-order chi connectivity index (χ1) is 5.26. The molecule has 0 aromatic carbocycles. The second kappa shape index (κ2) is 2.48. The lowest BCUT2D eigenvalue weighted by Gasteiger charge is -2.13. The largest absolute Gasteiger partial charge is 0.319 e. The highest BCUT2D eigenvalue weighted by Crippen LogP contribution is 2.61. The molecular weight excluding hydrogens is 134 g/mol. The number of rotatable bonds is 2. The van der Waals surface area contributed by atoms with Crippen molar-refractivity contribution in [1.82, 2.24) is 5.32 Å². The molecule has 2 fully saturated rings. The molecule has 2 rings (SSSR count). The van der Waals surface area contributed by atoms with Crippen LogP contribution in [-0.2, 0) is 0 Å². The molecule has 0 aliphatic heterocycles. The molecule has 2 aliphatic rings. The zero-order valence-corrected chi connectivity index (χ0v) is 7.69. The lowest BCUT2D eigenvalue weighted by Crippen LogP contribution is -2.20. The van der Waals surface area contributed by atoms with Crippen LogP contribution in [0.4, 0.5) is 0 Å². The van der Waals surface area contributed by atoms with Gasteiger partial charge in [-0.1, -0.05) is 6.92 Å². The van der Waals surface area contributed by atoms with Crippen LogP contribution >= 0.6 is 0 Å². The van der Waals surface area contributed by atoms with Gasteiger partial charge in [-0.2, -0.15) is 0 Å². The van der Waals surface area contributed by atoms with E-state index in [1.807, 2.05) is 0 Å². The lowest BCUT2D eigenvalue weighted by molar-refractivity contribution is 0.403. The molecule has 2 saturated carbocycles. The SMILES string of the molecule is CNC[C@H]1CC2(CC2)CC1C. The standard InChI is InChI=1S/C10H19N/c1-8-5-10(3-4-10)6-9(8)7-11-2/h8-9,11H,3-7H2,1-2H3/t8?,9-/m1/s1. The van der Waals surface area contributed by atoms with Crippen molar-refractivity contribution in [3.05, 3.63) is 0 Å². The van der Waals surface area contributed by atoms with E-state index in [1.54, 1.807) is 0 Å². The van der Waals surface area contributed by atoms with E-state index < -0.39 is 0 Å². The average molecular weight is 153 g/mol. The van der Waals surface area contributed by atoms with Gasteiger partial charge >= 0.3 is 0 Å². The van der Waals surface area contributed by atoms with E-state index in [0.717, 1.165) is 17.3 Å². The minimum absolute atomic E-state index is 0.848. The molecule has 0 saturated heterocycles. The number of nitrogens with one attached hydrogen (secondary N) is 1. The molecule has 0 amide bonds. The molecule has 1 N–H and O–H groups in total. The third-order valence-electron chi connectivity index (χ3n) is 3.68. The zero-order valence-electron chi connectivity index (χ0n) is 7.69. The molecule has 1 unspecified atom stereocenters. The van der Waals surface area contributed by atoms with E-state index in [1.165, 1.54) is 32.2 Å². The van der Waals surface area contributed by atoms with Gasteiger partial charge in [0.05, 0.1) is 0 Å². The summed E-state index contributed by atoms with van der Waals surface area (Å²) in [5, 5.41) is 3.31. The fraction of sp³-hybridized carbons (Fsp3) is 1.00. The zero-order chi connectivity index (χ0) is 7.90. The van der Waals surface area contributed by atoms with Gasteiger partial charge in [0.25, 0.3) is 0 Å². The third kappa shape index (κ3) is 1.31. The van der Waals surface area contributed by atoms with Crippen molar-refractivity contribution < 1.29 is 0 Å². The van der Waals surface area contributed by atoms with Gasteiger partial charge in [0.2, 0.25) is 0 Å². The minimum atomic E-state index is 0.848. The Labute approximate surface area is 69.6 Å². The van der Waals surface area contributed by atoms with Gasteiger partial charge < -0.3 is 5.32 Å². The quantitative estimate of drug-likeness (QED) is 0.640. The van der Waals surface area contributed by atoms with Gasteiger partial charge in [0, 0.05) is 0 Å². The van der Waals surface area contributed by atoms with Crippen LogP contribution in [0.3, 0.4) is 0 Å². The molecule has 11 heavy (non-hydrogen) atoms. The van der Waals surface area contributed by atoms with E-state index in [9.17, 15) is 0 Å². The molecular formula is C10H19N. The normalized spacial score (nSPS) is 39.8. The van der Waals surface area contributed by atoms with E-state index in [0.29, 0.717) is 0 Å². The molecule has 2 aliphatic carbocycles. The summed E-state index contributed by atoms with van der Waals surface area (Å²) in [4.78, 5) is 0. The summed E-state index contributed by atoms with van der Waals surface area (Å²) in [5.41, 5.74) is 0.848. The molecule has 0 aromatic rings. The fourth-order valence-electron chi connectivity index (χ4n) is 2.81. The van der Waals surface area contributed by atoms with Crippen molar-refractivity contribution >= 4 is 0 Å². The highest BCUT2D eigenvalue weighted by atomic mass is 14.8. The third-order valence-corrected chi connectivity index (χ3v) is 3.68. The van der Waals surface area contributed by atoms with Gasteiger partial charge in [-0.25, -0.2) is 0 Å². The summed E-state index contributed by atoms with van der Waals surface area (Å²) in [6.45, 7) is 3.66. The minimum Gasteiger partial charge on any atom is -0.319 e. The highest BCUT2D eigenvalue weighted by molar-refractivity contribution is 5.01. The Kier molecular flexibility index (Phi) is 1.71. The maximum Gasteiger partial charge on any atom is -0.00208 e. The first-order valence-electron chi connectivity index (χ1n) is 4.90. The van der Waals surface area contributed by atoms with Gasteiger partial charge in [-0.15, -0.1) is 0 Å². The van der Waals surface area contributed by atoms with Gasteiger partial charge in [-0.05, 0) is 56.5 Å². The van der Waals surface area contributed by atoms with Gasteiger partial charge in [0.15, 0.2) is 0 Å². The molecule has 1 spiro atoms. The van der Waals surface area contributed by atoms with Crippen molar-refractivity contribution in [2.75, 3.05) is 13.6 Å². The maximum absolute atomic E-state index is 3.31. The number of hydrogen-bond donors (Lipinski definition) is 1.